The summed E-state index contributed by atoms with van der Waals surface area (Å²) in [6.07, 6.45) is 3.57. The van der Waals surface area contributed by atoms with Crippen LogP contribution in [0.3, 0.4) is 0 Å². The van der Waals surface area contributed by atoms with E-state index in [4.69, 9.17) is 4.74 Å². The summed E-state index contributed by atoms with van der Waals surface area (Å²) in [7, 11) is -3.66. The van der Waals surface area contributed by atoms with Gasteiger partial charge in [0.15, 0.2) is 6.61 Å². The minimum absolute atomic E-state index is 0.117. The summed E-state index contributed by atoms with van der Waals surface area (Å²) in [5.41, 5.74) is 0.327. The molecule has 2 amide bonds. The number of sulfonamides is 1. The SMILES string of the molecule is CC1CCN(S(=O)(=O)c2ccc3c(c2)N(CC(=O)NC2CC2)C(=O)CO3)CC1. The first-order valence-corrected chi connectivity index (χ1v) is 11.2. The Balaban J connectivity index is 1.60. The lowest BCUT2D eigenvalue weighted by Gasteiger charge is -2.31. The van der Waals surface area contributed by atoms with E-state index in [9.17, 15) is 18.0 Å². The first-order valence-electron chi connectivity index (χ1n) is 9.71. The number of anilines is 1. The lowest BCUT2D eigenvalue weighted by Crippen LogP contribution is -2.45. The van der Waals surface area contributed by atoms with Crippen LogP contribution in [0.15, 0.2) is 23.1 Å². The molecule has 1 aromatic rings. The summed E-state index contributed by atoms with van der Waals surface area (Å²) in [6.45, 7) is 2.79. The van der Waals surface area contributed by atoms with Crippen LogP contribution in [0, 0.1) is 5.92 Å². The van der Waals surface area contributed by atoms with Crippen molar-refractivity contribution in [3.05, 3.63) is 18.2 Å². The van der Waals surface area contributed by atoms with Gasteiger partial charge in [-0.3, -0.25) is 14.5 Å². The molecule has 2 fully saturated rings. The molecule has 152 valence electrons. The van der Waals surface area contributed by atoms with E-state index in [1.165, 1.54) is 21.3 Å². The van der Waals surface area contributed by atoms with Gasteiger partial charge in [0, 0.05) is 19.1 Å². The summed E-state index contributed by atoms with van der Waals surface area (Å²) < 4.78 is 33.0. The summed E-state index contributed by atoms with van der Waals surface area (Å²) >= 11 is 0. The van der Waals surface area contributed by atoms with Gasteiger partial charge in [-0.15, -0.1) is 0 Å². The number of carbonyl (C=O) groups excluding carboxylic acids is 2. The Bertz CT molecular complexity index is 889. The van der Waals surface area contributed by atoms with Crippen LogP contribution in [0.4, 0.5) is 5.69 Å². The van der Waals surface area contributed by atoms with Crippen LogP contribution in [0.2, 0.25) is 0 Å². The summed E-state index contributed by atoms with van der Waals surface area (Å²) in [5, 5.41) is 2.85. The molecule has 28 heavy (non-hydrogen) atoms. The minimum Gasteiger partial charge on any atom is -0.482 e. The lowest BCUT2D eigenvalue weighted by molar-refractivity contribution is -0.125. The average Bonchev–Trinajstić information content (AvgIpc) is 3.48. The van der Waals surface area contributed by atoms with Gasteiger partial charge in [0.05, 0.1) is 10.6 Å². The normalized spacial score (nSPS) is 21.2. The van der Waals surface area contributed by atoms with Crippen LogP contribution in [-0.2, 0) is 19.6 Å². The van der Waals surface area contributed by atoms with Crippen molar-refractivity contribution in [2.45, 2.75) is 43.5 Å². The fourth-order valence-electron chi connectivity index (χ4n) is 3.53. The molecular formula is C19H25N3O5S. The Morgan fingerprint density at radius 1 is 1.21 bits per heavy atom. The summed E-state index contributed by atoms with van der Waals surface area (Å²) in [5.74, 6) is 0.313. The van der Waals surface area contributed by atoms with E-state index in [1.807, 2.05) is 0 Å². The first-order chi connectivity index (χ1) is 13.3. The maximum atomic E-state index is 13.0. The average molecular weight is 407 g/mol. The number of amides is 2. The maximum Gasteiger partial charge on any atom is 0.265 e. The molecule has 1 saturated carbocycles. The van der Waals surface area contributed by atoms with Crippen molar-refractivity contribution in [1.29, 1.82) is 0 Å². The van der Waals surface area contributed by atoms with E-state index in [0.29, 0.717) is 30.4 Å². The molecule has 2 aliphatic heterocycles. The number of fused-ring (bicyclic) bond motifs is 1. The maximum absolute atomic E-state index is 13.0. The summed E-state index contributed by atoms with van der Waals surface area (Å²) in [6, 6.07) is 4.71. The molecule has 2 heterocycles. The zero-order valence-corrected chi connectivity index (χ0v) is 16.7. The number of rotatable bonds is 5. The molecule has 0 atom stereocenters. The molecule has 8 nitrogen and oxygen atoms in total. The van der Waals surface area contributed by atoms with Crippen LogP contribution < -0.4 is 15.0 Å². The van der Waals surface area contributed by atoms with Gasteiger partial charge >= 0.3 is 0 Å². The predicted octanol–water partition coefficient (Wildman–Crippen LogP) is 1.11. The molecule has 1 N–H and O–H groups in total. The van der Waals surface area contributed by atoms with E-state index in [2.05, 4.69) is 12.2 Å². The molecule has 3 aliphatic rings. The van der Waals surface area contributed by atoms with Crippen molar-refractivity contribution < 1.29 is 22.7 Å². The molecule has 0 unspecified atom stereocenters. The molecular weight excluding hydrogens is 382 g/mol. The molecule has 9 heteroatoms. The largest absolute Gasteiger partial charge is 0.482 e. The highest BCUT2D eigenvalue weighted by Crippen LogP contribution is 2.35. The van der Waals surface area contributed by atoms with E-state index < -0.39 is 10.0 Å². The minimum atomic E-state index is -3.66. The molecule has 0 bridgehead atoms. The van der Waals surface area contributed by atoms with Gasteiger partial charge in [0.2, 0.25) is 15.9 Å². The fourth-order valence-corrected chi connectivity index (χ4v) is 5.02. The highest BCUT2D eigenvalue weighted by atomic mass is 32.2. The van der Waals surface area contributed by atoms with Crippen LogP contribution >= 0.6 is 0 Å². The second kappa shape index (κ2) is 7.36. The van der Waals surface area contributed by atoms with E-state index in [-0.39, 0.29) is 35.9 Å². The number of carbonyl (C=O) groups is 2. The third-order valence-corrected chi connectivity index (χ3v) is 7.39. The monoisotopic (exact) mass is 407 g/mol. The van der Waals surface area contributed by atoms with Gasteiger partial charge in [0.1, 0.15) is 12.3 Å². The zero-order chi connectivity index (χ0) is 19.9. The fraction of sp³-hybridized carbons (Fsp3) is 0.579. The van der Waals surface area contributed by atoms with Crippen molar-refractivity contribution >= 4 is 27.5 Å². The number of piperidine rings is 1. The van der Waals surface area contributed by atoms with Gasteiger partial charge < -0.3 is 10.1 Å². The molecule has 0 spiro atoms. The van der Waals surface area contributed by atoms with Crippen molar-refractivity contribution in [3.63, 3.8) is 0 Å². The Morgan fingerprint density at radius 3 is 2.61 bits per heavy atom. The molecule has 0 radical (unpaired) electrons. The predicted molar refractivity (Wildman–Crippen MR) is 103 cm³/mol. The number of ether oxygens (including phenoxy) is 1. The molecule has 0 aromatic heterocycles. The van der Waals surface area contributed by atoms with Crippen LogP contribution in [0.5, 0.6) is 5.75 Å². The Kier molecular flexibility index (Phi) is 5.05. The number of hydrogen-bond donors (Lipinski definition) is 1. The number of hydrogen-bond acceptors (Lipinski definition) is 5. The molecule has 1 aromatic carbocycles. The number of nitrogens with zero attached hydrogens (tertiary/aromatic N) is 2. The van der Waals surface area contributed by atoms with Crippen LogP contribution in [0.1, 0.15) is 32.6 Å². The van der Waals surface area contributed by atoms with Crippen LogP contribution in [0.25, 0.3) is 0 Å². The number of nitrogens with one attached hydrogen (secondary N) is 1. The van der Waals surface area contributed by atoms with Gasteiger partial charge in [-0.1, -0.05) is 6.92 Å². The standard InChI is InChI=1S/C19H25N3O5S/c1-13-6-8-21(9-7-13)28(25,26)15-4-5-17-16(10-15)22(19(24)12-27-17)11-18(23)20-14-2-3-14/h4-5,10,13-14H,2-3,6-9,11-12H2,1H3,(H,20,23). The molecule has 1 saturated heterocycles. The second-order valence-electron chi connectivity index (χ2n) is 7.83. The topological polar surface area (TPSA) is 96.0 Å². The molecule has 1 aliphatic carbocycles. The second-order valence-corrected chi connectivity index (χ2v) is 9.76. The van der Waals surface area contributed by atoms with Crippen molar-refractivity contribution in [1.82, 2.24) is 9.62 Å². The van der Waals surface area contributed by atoms with E-state index in [0.717, 1.165) is 25.7 Å². The van der Waals surface area contributed by atoms with Crippen molar-refractivity contribution in [3.8, 4) is 5.75 Å². The van der Waals surface area contributed by atoms with Crippen molar-refractivity contribution in [2.24, 2.45) is 5.92 Å². The van der Waals surface area contributed by atoms with Crippen molar-refractivity contribution in [2.75, 3.05) is 31.1 Å². The van der Waals surface area contributed by atoms with E-state index in [1.54, 1.807) is 6.07 Å². The van der Waals surface area contributed by atoms with E-state index >= 15 is 0 Å². The Hall–Kier alpha value is -2.13. The van der Waals surface area contributed by atoms with Gasteiger partial charge in [-0.05, 0) is 49.8 Å². The van der Waals surface area contributed by atoms with Gasteiger partial charge in [0.25, 0.3) is 5.91 Å². The first kappa shape index (κ1) is 19.2. The highest BCUT2D eigenvalue weighted by Gasteiger charge is 2.33. The smallest absolute Gasteiger partial charge is 0.265 e. The third-order valence-electron chi connectivity index (χ3n) is 5.50. The zero-order valence-electron chi connectivity index (χ0n) is 15.9. The summed E-state index contributed by atoms with van der Waals surface area (Å²) in [4.78, 5) is 26.0. The van der Waals surface area contributed by atoms with Gasteiger partial charge in [-0.25, -0.2) is 8.42 Å². The third kappa shape index (κ3) is 3.86. The highest BCUT2D eigenvalue weighted by molar-refractivity contribution is 7.89. The van der Waals surface area contributed by atoms with Crippen LogP contribution in [-0.4, -0.2) is 56.8 Å². The molecule has 4 rings (SSSR count). The van der Waals surface area contributed by atoms with Gasteiger partial charge in [-0.2, -0.15) is 4.31 Å². The Morgan fingerprint density at radius 2 is 1.93 bits per heavy atom. The quantitative estimate of drug-likeness (QED) is 0.789. The Labute approximate surface area is 164 Å². The lowest BCUT2D eigenvalue weighted by atomic mass is 10.0. The number of benzene rings is 1.